The number of anilines is 1. The summed E-state index contributed by atoms with van der Waals surface area (Å²) in [6.07, 6.45) is 1.85. The van der Waals surface area contributed by atoms with Crippen LogP contribution in [0, 0.1) is 13.8 Å². The highest BCUT2D eigenvalue weighted by Crippen LogP contribution is 2.24. The number of hydrogen-bond acceptors (Lipinski definition) is 4. The molecule has 0 aliphatic rings. The molecule has 106 valence electrons. The number of hydrogen-bond donors (Lipinski definition) is 2. The molecule has 6 heteroatoms. The first-order valence-electron chi connectivity index (χ1n) is 6.82. The summed E-state index contributed by atoms with van der Waals surface area (Å²) in [6, 6.07) is 6.13. The van der Waals surface area contributed by atoms with Crippen molar-refractivity contribution >= 4 is 32.9 Å². The molecule has 0 spiro atoms. The maximum absolute atomic E-state index is 4.62. The van der Waals surface area contributed by atoms with Crippen molar-refractivity contribution in [3.8, 4) is 0 Å². The summed E-state index contributed by atoms with van der Waals surface area (Å²) in [5, 5.41) is 13.9. The van der Waals surface area contributed by atoms with Crippen molar-refractivity contribution in [2.24, 2.45) is 0 Å². The lowest BCUT2D eigenvalue weighted by Gasteiger charge is -2.08. The number of thiazole rings is 1. The zero-order chi connectivity index (χ0) is 14.4. The zero-order valence-corrected chi connectivity index (χ0v) is 12.7. The fraction of sp³-hybridized carbons (Fsp3) is 0.200. The number of imidazole rings is 1. The summed E-state index contributed by atoms with van der Waals surface area (Å²) >= 11 is 1.68. The molecule has 1 aromatic carbocycles. The minimum atomic E-state index is 0.745. The molecule has 0 fully saturated rings. The van der Waals surface area contributed by atoms with E-state index in [1.807, 2.05) is 18.3 Å². The van der Waals surface area contributed by atoms with Gasteiger partial charge >= 0.3 is 0 Å². The number of fused-ring (bicyclic) bond motifs is 2. The Labute approximate surface area is 125 Å². The minimum Gasteiger partial charge on any atom is -0.379 e. The van der Waals surface area contributed by atoms with Crippen LogP contribution in [0.2, 0.25) is 0 Å². The number of nitrogens with zero attached hydrogens (tertiary/aromatic N) is 3. The lowest BCUT2D eigenvalue weighted by Crippen LogP contribution is -2.04. The molecule has 21 heavy (non-hydrogen) atoms. The molecule has 0 saturated heterocycles. The molecule has 3 aromatic heterocycles. The van der Waals surface area contributed by atoms with Crippen molar-refractivity contribution in [1.82, 2.24) is 19.6 Å². The summed E-state index contributed by atoms with van der Waals surface area (Å²) in [7, 11) is 0. The van der Waals surface area contributed by atoms with Crippen LogP contribution in [-0.2, 0) is 6.54 Å². The van der Waals surface area contributed by atoms with E-state index in [-0.39, 0.29) is 0 Å². The number of aryl methyl sites for hydroxylation is 2. The third kappa shape index (κ3) is 1.91. The van der Waals surface area contributed by atoms with Crippen LogP contribution in [0.25, 0.3) is 15.9 Å². The Morgan fingerprint density at radius 2 is 2.24 bits per heavy atom. The third-order valence-electron chi connectivity index (χ3n) is 3.76. The SMILES string of the molecule is Cc1nc2scc(C)n2c1CNc1cccc2[nH]ncc12. The normalized spacial score (nSPS) is 11.5. The second-order valence-electron chi connectivity index (χ2n) is 5.13. The number of nitrogens with one attached hydrogen (secondary N) is 2. The predicted molar refractivity (Wildman–Crippen MR) is 86.0 cm³/mol. The molecular formula is C15H15N5S. The van der Waals surface area contributed by atoms with Gasteiger partial charge in [-0.25, -0.2) is 4.98 Å². The van der Waals surface area contributed by atoms with Crippen LogP contribution >= 0.6 is 11.3 Å². The number of rotatable bonds is 3. The fourth-order valence-corrected chi connectivity index (χ4v) is 3.61. The van der Waals surface area contributed by atoms with Crippen molar-refractivity contribution in [2.45, 2.75) is 20.4 Å². The van der Waals surface area contributed by atoms with E-state index < -0.39 is 0 Å². The van der Waals surface area contributed by atoms with Gasteiger partial charge in [-0.15, -0.1) is 11.3 Å². The van der Waals surface area contributed by atoms with Crippen molar-refractivity contribution in [3.05, 3.63) is 46.9 Å². The Hall–Kier alpha value is -2.34. The molecule has 4 rings (SSSR count). The first-order chi connectivity index (χ1) is 10.2. The van der Waals surface area contributed by atoms with Gasteiger partial charge in [0.1, 0.15) is 0 Å². The van der Waals surface area contributed by atoms with E-state index in [0.29, 0.717) is 0 Å². The van der Waals surface area contributed by atoms with E-state index in [4.69, 9.17) is 0 Å². The monoisotopic (exact) mass is 297 g/mol. The second kappa shape index (κ2) is 4.60. The van der Waals surface area contributed by atoms with Gasteiger partial charge in [0.2, 0.25) is 0 Å². The Kier molecular flexibility index (Phi) is 2.71. The number of H-pyrrole nitrogens is 1. The van der Waals surface area contributed by atoms with Gasteiger partial charge in [0.25, 0.3) is 0 Å². The highest BCUT2D eigenvalue weighted by molar-refractivity contribution is 7.15. The van der Waals surface area contributed by atoms with E-state index in [0.717, 1.165) is 33.8 Å². The first-order valence-corrected chi connectivity index (χ1v) is 7.70. The highest BCUT2D eigenvalue weighted by Gasteiger charge is 2.12. The highest BCUT2D eigenvalue weighted by atomic mass is 32.1. The Bertz CT molecular complexity index is 930. The van der Waals surface area contributed by atoms with Crippen molar-refractivity contribution in [2.75, 3.05) is 5.32 Å². The van der Waals surface area contributed by atoms with E-state index in [1.54, 1.807) is 11.3 Å². The van der Waals surface area contributed by atoms with Crippen molar-refractivity contribution in [3.63, 3.8) is 0 Å². The molecular weight excluding hydrogens is 282 g/mol. The Morgan fingerprint density at radius 1 is 1.33 bits per heavy atom. The summed E-state index contributed by atoms with van der Waals surface area (Å²) in [5.74, 6) is 0. The number of benzene rings is 1. The molecule has 4 aromatic rings. The van der Waals surface area contributed by atoms with Gasteiger partial charge in [-0.3, -0.25) is 9.50 Å². The van der Waals surface area contributed by atoms with Gasteiger partial charge in [-0.1, -0.05) is 6.07 Å². The summed E-state index contributed by atoms with van der Waals surface area (Å²) in [6.45, 7) is 4.92. The largest absolute Gasteiger partial charge is 0.379 e. The van der Waals surface area contributed by atoms with Gasteiger partial charge in [0, 0.05) is 22.1 Å². The second-order valence-corrected chi connectivity index (χ2v) is 5.97. The maximum Gasteiger partial charge on any atom is 0.194 e. The van der Waals surface area contributed by atoms with Crippen LogP contribution in [0.1, 0.15) is 17.1 Å². The van der Waals surface area contributed by atoms with E-state index >= 15 is 0 Å². The van der Waals surface area contributed by atoms with E-state index in [1.165, 1.54) is 11.4 Å². The quantitative estimate of drug-likeness (QED) is 0.608. The fourth-order valence-electron chi connectivity index (χ4n) is 2.68. The topological polar surface area (TPSA) is 58.0 Å². The van der Waals surface area contributed by atoms with Gasteiger partial charge in [0.15, 0.2) is 4.96 Å². The third-order valence-corrected chi connectivity index (χ3v) is 4.70. The minimum absolute atomic E-state index is 0.745. The molecule has 2 N–H and O–H groups in total. The van der Waals surface area contributed by atoms with Crippen LogP contribution < -0.4 is 5.32 Å². The first kappa shape index (κ1) is 12.4. The summed E-state index contributed by atoms with van der Waals surface area (Å²) in [4.78, 5) is 5.68. The van der Waals surface area contributed by atoms with Crippen LogP contribution in [0.3, 0.4) is 0 Å². The molecule has 0 aliphatic carbocycles. The summed E-state index contributed by atoms with van der Waals surface area (Å²) < 4.78 is 2.22. The molecule has 0 atom stereocenters. The Morgan fingerprint density at radius 3 is 3.14 bits per heavy atom. The molecule has 0 radical (unpaired) electrons. The van der Waals surface area contributed by atoms with Gasteiger partial charge in [-0.05, 0) is 26.0 Å². The summed E-state index contributed by atoms with van der Waals surface area (Å²) in [5.41, 5.74) is 5.65. The molecule has 3 heterocycles. The smallest absolute Gasteiger partial charge is 0.194 e. The number of aromatic nitrogens is 4. The molecule has 0 aliphatic heterocycles. The van der Waals surface area contributed by atoms with Gasteiger partial charge in [-0.2, -0.15) is 5.10 Å². The van der Waals surface area contributed by atoms with Crippen LogP contribution in [-0.4, -0.2) is 19.6 Å². The molecule has 0 bridgehead atoms. The van der Waals surface area contributed by atoms with Gasteiger partial charge in [0.05, 0.1) is 29.6 Å². The predicted octanol–water partition coefficient (Wildman–Crippen LogP) is 3.50. The standard InChI is InChI=1S/C15H15N5S/c1-9-8-21-15-18-10(2)14(20(9)15)7-16-12-4-3-5-13-11(12)6-17-19-13/h3-6,8,16H,7H2,1-2H3,(H,17,19). The van der Waals surface area contributed by atoms with Crippen molar-refractivity contribution in [1.29, 1.82) is 0 Å². The Balaban J connectivity index is 1.71. The van der Waals surface area contributed by atoms with Crippen molar-refractivity contribution < 1.29 is 0 Å². The average Bonchev–Trinajstić information content (AvgIpc) is 3.15. The van der Waals surface area contributed by atoms with Crippen LogP contribution in [0.15, 0.2) is 29.8 Å². The molecule has 0 saturated carbocycles. The van der Waals surface area contributed by atoms with E-state index in [2.05, 4.69) is 50.2 Å². The molecule has 0 amide bonds. The maximum atomic E-state index is 4.62. The van der Waals surface area contributed by atoms with Crippen LogP contribution in [0.5, 0.6) is 0 Å². The van der Waals surface area contributed by atoms with Gasteiger partial charge < -0.3 is 5.32 Å². The zero-order valence-electron chi connectivity index (χ0n) is 11.8. The average molecular weight is 297 g/mol. The molecule has 5 nitrogen and oxygen atoms in total. The lowest BCUT2D eigenvalue weighted by molar-refractivity contribution is 0.968. The lowest BCUT2D eigenvalue weighted by atomic mass is 10.2. The molecule has 0 unspecified atom stereocenters. The number of aromatic amines is 1. The van der Waals surface area contributed by atoms with E-state index in [9.17, 15) is 0 Å². The van der Waals surface area contributed by atoms with Crippen LogP contribution in [0.4, 0.5) is 5.69 Å².